The van der Waals surface area contributed by atoms with Gasteiger partial charge in [0, 0.05) is 12.7 Å². The maximum atomic E-state index is 13.5. The SMILES string of the molecule is C[C@H](NC(=O)[C@@H](CCNc1ccccn1)c1ccc(O)cc1)C(=O)NC(CC(=O)OC(=O)C(F)(F)F)c1ccc(-c2ccccc2)cc1. The van der Waals surface area contributed by atoms with Crippen LogP contribution in [0.4, 0.5) is 19.0 Å². The summed E-state index contributed by atoms with van der Waals surface area (Å²) in [6.07, 6.45) is -4.28. The maximum absolute atomic E-state index is 13.5. The monoisotopic (exact) mass is 662 g/mol. The molecular formula is C35H33F3N4O6. The van der Waals surface area contributed by atoms with E-state index in [-0.39, 0.29) is 12.2 Å². The van der Waals surface area contributed by atoms with Crippen molar-refractivity contribution in [3.63, 3.8) is 0 Å². The van der Waals surface area contributed by atoms with Gasteiger partial charge in [0.25, 0.3) is 0 Å². The number of rotatable bonds is 13. The van der Waals surface area contributed by atoms with Gasteiger partial charge >= 0.3 is 18.1 Å². The number of pyridine rings is 1. The Hall–Kier alpha value is -5.72. The third kappa shape index (κ3) is 10.1. The number of aromatic nitrogens is 1. The van der Waals surface area contributed by atoms with Gasteiger partial charge in [-0.2, -0.15) is 13.2 Å². The highest BCUT2D eigenvalue weighted by molar-refractivity contribution is 5.91. The molecule has 0 aliphatic carbocycles. The Morgan fingerprint density at radius 1 is 0.792 bits per heavy atom. The van der Waals surface area contributed by atoms with E-state index in [4.69, 9.17) is 0 Å². The molecule has 1 aromatic heterocycles. The molecule has 4 aromatic rings. The fourth-order valence-electron chi connectivity index (χ4n) is 4.80. The average molecular weight is 663 g/mol. The number of halogens is 3. The maximum Gasteiger partial charge on any atom is 0.491 e. The van der Waals surface area contributed by atoms with Gasteiger partial charge < -0.3 is 25.8 Å². The minimum Gasteiger partial charge on any atom is -0.508 e. The van der Waals surface area contributed by atoms with Crippen LogP contribution in [-0.4, -0.2) is 52.6 Å². The molecule has 0 aliphatic rings. The largest absolute Gasteiger partial charge is 0.508 e. The van der Waals surface area contributed by atoms with Crippen molar-refractivity contribution in [2.24, 2.45) is 0 Å². The fraction of sp³-hybridized carbons (Fsp3) is 0.229. The molecule has 1 unspecified atom stereocenters. The zero-order chi connectivity index (χ0) is 34.7. The first kappa shape index (κ1) is 35.1. The van der Waals surface area contributed by atoms with Gasteiger partial charge in [-0.1, -0.05) is 72.8 Å². The van der Waals surface area contributed by atoms with Gasteiger partial charge in [0.1, 0.15) is 17.6 Å². The number of amides is 2. The molecule has 0 saturated heterocycles. The van der Waals surface area contributed by atoms with E-state index < -0.39 is 54.4 Å². The number of nitrogens with zero attached hydrogens (tertiary/aromatic N) is 1. The summed E-state index contributed by atoms with van der Waals surface area (Å²) >= 11 is 0. The number of benzene rings is 3. The lowest BCUT2D eigenvalue weighted by Gasteiger charge is -2.24. The van der Waals surface area contributed by atoms with E-state index in [9.17, 15) is 37.5 Å². The van der Waals surface area contributed by atoms with Crippen LogP contribution in [0.25, 0.3) is 11.1 Å². The molecule has 4 rings (SSSR count). The number of carbonyl (C=O) groups is 4. The zero-order valence-electron chi connectivity index (χ0n) is 25.7. The summed E-state index contributed by atoms with van der Waals surface area (Å²) in [5.41, 5.74) is 2.61. The van der Waals surface area contributed by atoms with Crippen molar-refractivity contribution in [3.05, 3.63) is 114 Å². The van der Waals surface area contributed by atoms with Gasteiger partial charge in [-0.3, -0.25) is 14.4 Å². The number of ether oxygens (including phenoxy) is 1. The van der Waals surface area contributed by atoms with E-state index >= 15 is 0 Å². The van der Waals surface area contributed by atoms with Crippen LogP contribution >= 0.6 is 0 Å². The molecular weight excluding hydrogens is 629 g/mol. The number of aromatic hydroxyl groups is 1. The van der Waals surface area contributed by atoms with Crippen molar-refractivity contribution in [2.75, 3.05) is 11.9 Å². The number of nitrogens with one attached hydrogen (secondary N) is 3. The van der Waals surface area contributed by atoms with Crippen molar-refractivity contribution >= 4 is 29.6 Å². The van der Waals surface area contributed by atoms with Crippen LogP contribution < -0.4 is 16.0 Å². The van der Waals surface area contributed by atoms with Crippen LogP contribution in [0.3, 0.4) is 0 Å². The minimum atomic E-state index is -5.38. The molecule has 4 N–H and O–H groups in total. The molecule has 3 aromatic carbocycles. The van der Waals surface area contributed by atoms with E-state index in [1.165, 1.54) is 19.1 Å². The lowest BCUT2D eigenvalue weighted by atomic mass is 9.94. The summed E-state index contributed by atoms with van der Waals surface area (Å²) in [4.78, 5) is 54.7. The second-order valence-corrected chi connectivity index (χ2v) is 10.8. The molecule has 250 valence electrons. The van der Waals surface area contributed by atoms with Crippen LogP contribution in [0.15, 0.2) is 103 Å². The Labute approximate surface area is 274 Å². The molecule has 2 amide bonds. The predicted molar refractivity (Wildman–Crippen MR) is 170 cm³/mol. The van der Waals surface area contributed by atoms with Crippen molar-refractivity contribution < 1.29 is 42.2 Å². The minimum absolute atomic E-state index is 0.00979. The molecule has 10 nitrogen and oxygen atoms in total. The molecule has 1 heterocycles. The third-order valence-corrected chi connectivity index (χ3v) is 7.31. The van der Waals surface area contributed by atoms with Gasteiger partial charge in [0.05, 0.1) is 18.4 Å². The van der Waals surface area contributed by atoms with E-state index in [0.29, 0.717) is 23.5 Å². The van der Waals surface area contributed by atoms with Crippen LogP contribution in [0, 0.1) is 0 Å². The van der Waals surface area contributed by atoms with Gasteiger partial charge in [0.15, 0.2) is 0 Å². The molecule has 48 heavy (non-hydrogen) atoms. The molecule has 0 aliphatic heterocycles. The predicted octanol–water partition coefficient (Wildman–Crippen LogP) is 5.42. The summed E-state index contributed by atoms with van der Waals surface area (Å²) in [5, 5.41) is 18.1. The van der Waals surface area contributed by atoms with E-state index in [1.54, 1.807) is 60.8 Å². The Balaban J connectivity index is 1.48. The molecule has 0 radical (unpaired) electrons. The molecule has 0 saturated carbocycles. The first-order valence-electron chi connectivity index (χ1n) is 14.9. The Morgan fingerprint density at radius 2 is 1.42 bits per heavy atom. The second-order valence-electron chi connectivity index (χ2n) is 10.8. The van der Waals surface area contributed by atoms with Crippen molar-refractivity contribution in [3.8, 4) is 16.9 Å². The normalized spacial score (nSPS) is 13.0. The molecule has 3 atom stereocenters. The highest BCUT2D eigenvalue weighted by Crippen LogP contribution is 2.26. The Kier molecular flexibility index (Phi) is 11.9. The van der Waals surface area contributed by atoms with Crippen LogP contribution in [0.2, 0.25) is 0 Å². The van der Waals surface area contributed by atoms with Crippen LogP contribution in [0.1, 0.15) is 42.9 Å². The van der Waals surface area contributed by atoms with Gasteiger partial charge in [-0.25, -0.2) is 9.78 Å². The topological polar surface area (TPSA) is 147 Å². The number of anilines is 1. The third-order valence-electron chi connectivity index (χ3n) is 7.31. The zero-order valence-corrected chi connectivity index (χ0v) is 25.7. The van der Waals surface area contributed by atoms with E-state index in [2.05, 4.69) is 25.7 Å². The number of carbonyl (C=O) groups excluding carboxylic acids is 4. The molecule has 0 fully saturated rings. The number of hydrogen-bond acceptors (Lipinski definition) is 8. The highest BCUT2D eigenvalue weighted by Gasteiger charge is 2.42. The fourth-order valence-corrected chi connectivity index (χ4v) is 4.80. The summed E-state index contributed by atoms with van der Waals surface area (Å²) in [7, 11) is 0. The first-order chi connectivity index (χ1) is 22.9. The van der Waals surface area contributed by atoms with Gasteiger partial charge in [-0.15, -0.1) is 0 Å². The summed E-state index contributed by atoms with van der Waals surface area (Å²) in [6.45, 7) is 1.75. The van der Waals surface area contributed by atoms with Crippen molar-refractivity contribution in [1.82, 2.24) is 15.6 Å². The average Bonchev–Trinajstić information content (AvgIpc) is 3.07. The van der Waals surface area contributed by atoms with E-state index in [1.807, 2.05) is 30.3 Å². The number of hydrogen-bond donors (Lipinski definition) is 4. The number of alkyl halides is 3. The first-order valence-corrected chi connectivity index (χ1v) is 14.9. The number of phenols is 1. The Morgan fingerprint density at radius 3 is 2.04 bits per heavy atom. The standard InChI is InChI=1S/C35H33F3N4O6/c1-22(41-33(46)28(25-14-16-27(43)17-15-25)18-20-40-30-9-5-6-19-39-30)32(45)42-29(21-31(44)48-34(47)35(36,37)38)26-12-10-24(11-13-26)23-7-3-2-4-8-23/h2-17,19,22,28-29,43H,18,20-21H2,1H3,(H,39,40)(H,41,46)(H,42,45)/t22-,28-,29?/m0/s1. The lowest BCUT2D eigenvalue weighted by molar-refractivity contribution is -0.202. The van der Waals surface area contributed by atoms with Gasteiger partial charge in [0.2, 0.25) is 11.8 Å². The lowest BCUT2D eigenvalue weighted by Crippen LogP contribution is -2.47. The molecule has 0 spiro atoms. The van der Waals surface area contributed by atoms with Crippen LogP contribution in [0.5, 0.6) is 5.75 Å². The number of phenolic OH excluding ortho intramolecular Hbond substituents is 1. The van der Waals surface area contributed by atoms with Gasteiger partial charge in [-0.05, 0) is 59.9 Å². The summed E-state index contributed by atoms with van der Waals surface area (Å²) in [5.74, 6) is -5.56. The summed E-state index contributed by atoms with van der Waals surface area (Å²) in [6, 6.07) is 24.9. The Bertz CT molecular complexity index is 1690. The molecule has 0 bridgehead atoms. The summed E-state index contributed by atoms with van der Waals surface area (Å²) < 4.78 is 42.2. The van der Waals surface area contributed by atoms with E-state index in [0.717, 1.165) is 11.1 Å². The quantitative estimate of drug-likeness (QED) is 0.110. The highest BCUT2D eigenvalue weighted by atomic mass is 19.4. The van der Waals surface area contributed by atoms with Crippen molar-refractivity contribution in [1.29, 1.82) is 0 Å². The van der Waals surface area contributed by atoms with Crippen LogP contribution in [-0.2, 0) is 23.9 Å². The number of esters is 2. The van der Waals surface area contributed by atoms with Crippen molar-refractivity contribution in [2.45, 2.75) is 43.9 Å². The second kappa shape index (κ2) is 16.2. The molecule has 13 heteroatoms. The smallest absolute Gasteiger partial charge is 0.491 e.